The molecule has 0 aliphatic carbocycles. The van der Waals surface area contributed by atoms with Crippen molar-refractivity contribution in [2.24, 2.45) is 0 Å². The zero-order chi connectivity index (χ0) is 17.5. The molecule has 4 nitrogen and oxygen atoms in total. The van der Waals surface area contributed by atoms with Gasteiger partial charge in [0.05, 0.1) is 17.3 Å². The van der Waals surface area contributed by atoms with Gasteiger partial charge in [-0.05, 0) is 64.7 Å². The van der Waals surface area contributed by atoms with Crippen LogP contribution in [0.2, 0.25) is 5.02 Å². The number of rotatable bonds is 3. The number of fused-ring (bicyclic) bond motifs is 1. The zero-order valence-electron chi connectivity index (χ0n) is 12.7. The van der Waals surface area contributed by atoms with Crippen molar-refractivity contribution < 1.29 is 17.5 Å². The molecule has 1 heterocycles. The lowest BCUT2D eigenvalue weighted by Crippen LogP contribution is -2.35. The zero-order valence-corrected chi connectivity index (χ0v) is 15.9. The van der Waals surface area contributed by atoms with Gasteiger partial charge in [0.15, 0.2) is 5.75 Å². The van der Waals surface area contributed by atoms with Crippen molar-refractivity contribution in [3.05, 3.63) is 51.2 Å². The number of hydrogen-bond donors (Lipinski definition) is 0. The van der Waals surface area contributed by atoms with E-state index in [1.165, 1.54) is 35.7 Å². The van der Waals surface area contributed by atoms with Crippen LogP contribution in [0.1, 0.15) is 12.0 Å². The molecular formula is C16H14BrClFNO3S. The number of sulfonamides is 1. The number of methoxy groups -OCH3 is 1. The van der Waals surface area contributed by atoms with E-state index in [0.29, 0.717) is 35.1 Å². The first-order chi connectivity index (χ1) is 11.3. The van der Waals surface area contributed by atoms with Crippen LogP contribution in [0.5, 0.6) is 5.75 Å². The molecule has 0 saturated heterocycles. The van der Waals surface area contributed by atoms with Gasteiger partial charge >= 0.3 is 0 Å². The molecular weight excluding hydrogens is 421 g/mol. The molecule has 0 aromatic heterocycles. The van der Waals surface area contributed by atoms with Crippen LogP contribution in [-0.2, 0) is 16.4 Å². The van der Waals surface area contributed by atoms with Gasteiger partial charge in [-0.25, -0.2) is 12.8 Å². The summed E-state index contributed by atoms with van der Waals surface area (Å²) in [6, 6.07) is 7.06. The maximum absolute atomic E-state index is 13.5. The van der Waals surface area contributed by atoms with Crippen LogP contribution in [0.15, 0.2) is 39.7 Å². The fraction of sp³-hybridized carbons (Fsp3) is 0.250. The third-order valence-electron chi connectivity index (χ3n) is 3.86. The molecule has 1 aliphatic heterocycles. The first-order valence-electron chi connectivity index (χ1n) is 7.19. The van der Waals surface area contributed by atoms with E-state index < -0.39 is 10.0 Å². The quantitative estimate of drug-likeness (QED) is 0.720. The highest BCUT2D eigenvalue weighted by Gasteiger charge is 2.32. The summed E-state index contributed by atoms with van der Waals surface area (Å²) >= 11 is 9.30. The molecule has 2 aromatic carbocycles. The third kappa shape index (κ3) is 3.00. The Bertz CT molecular complexity index is 904. The average Bonchev–Trinajstić information content (AvgIpc) is 2.53. The molecule has 0 unspecified atom stereocenters. The summed E-state index contributed by atoms with van der Waals surface area (Å²) in [5.41, 5.74) is 1.16. The third-order valence-corrected chi connectivity index (χ3v) is 6.49. The summed E-state index contributed by atoms with van der Waals surface area (Å²) in [6.07, 6.45) is 1.25. The SMILES string of the molecule is COc1c(Br)cc(Cl)cc1S(=O)(=O)N1CCCc2cc(F)ccc21. The predicted molar refractivity (Wildman–Crippen MR) is 95.0 cm³/mol. The molecule has 1 aliphatic rings. The van der Waals surface area contributed by atoms with E-state index in [9.17, 15) is 12.8 Å². The van der Waals surface area contributed by atoms with E-state index in [-0.39, 0.29) is 21.5 Å². The van der Waals surface area contributed by atoms with Crippen LogP contribution in [0, 0.1) is 5.82 Å². The molecule has 0 spiro atoms. The second kappa shape index (κ2) is 6.54. The predicted octanol–water partition coefficient (Wildman–Crippen LogP) is 4.39. The van der Waals surface area contributed by atoms with Crippen molar-refractivity contribution in [2.45, 2.75) is 17.7 Å². The second-order valence-electron chi connectivity index (χ2n) is 5.37. The van der Waals surface area contributed by atoms with Crippen LogP contribution < -0.4 is 9.04 Å². The van der Waals surface area contributed by atoms with Gasteiger partial charge in [-0.2, -0.15) is 0 Å². The Balaban J connectivity index is 2.18. The van der Waals surface area contributed by atoms with Gasteiger partial charge in [0, 0.05) is 11.6 Å². The highest BCUT2D eigenvalue weighted by atomic mass is 79.9. The highest BCUT2D eigenvalue weighted by Crippen LogP contribution is 2.39. The molecule has 0 amide bonds. The fourth-order valence-corrected chi connectivity index (χ4v) is 5.74. The maximum Gasteiger partial charge on any atom is 0.268 e. The van der Waals surface area contributed by atoms with E-state index >= 15 is 0 Å². The molecule has 0 N–H and O–H groups in total. The second-order valence-corrected chi connectivity index (χ2v) is 8.49. The van der Waals surface area contributed by atoms with E-state index in [2.05, 4.69) is 15.9 Å². The van der Waals surface area contributed by atoms with E-state index in [1.54, 1.807) is 6.07 Å². The van der Waals surface area contributed by atoms with E-state index in [0.717, 1.165) is 0 Å². The summed E-state index contributed by atoms with van der Waals surface area (Å²) in [4.78, 5) is -0.0263. The van der Waals surface area contributed by atoms with Crippen molar-refractivity contribution in [2.75, 3.05) is 18.0 Å². The lowest BCUT2D eigenvalue weighted by atomic mass is 10.0. The minimum absolute atomic E-state index is 0.0263. The number of halogens is 3. The fourth-order valence-electron chi connectivity index (χ4n) is 2.83. The van der Waals surface area contributed by atoms with E-state index in [1.807, 2.05) is 0 Å². The number of ether oxygens (including phenoxy) is 1. The molecule has 0 bridgehead atoms. The van der Waals surface area contributed by atoms with Crippen LogP contribution in [0.4, 0.5) is 10.1 Å². The Labute approximate surface area is 153 Å². The van der Waals surface area contributed by atoms with Gasteiger partial charge < -0.3 is 4.74 Å². The highest BCUT2D eigenvalue weighted by molar-refractivity contribution is 9.10. The van der Waals surface area contributed by atoms with E-state index in [4.69, 9.17) is 16.3 Å². The number of anilines is 1. The topological polar surface area (TPSA) is 46.6 Å². The molecule has 2 aromatic rings. The van der Waals surface area contributed by atoms with Crippen molar-refractivity contribution >= 4 is 43.2 Å². The lowest BCUT2D eigenvalue weighted by Gasteiger charge is -2.31. The Morgan fingerprint density at radius 2 is 2.04 bits per heavy atom. The minimum Gasteiger partial charge on any atom is -0.494 e. The molecule has 0 fully saturated rings. The molecule has 24 heavy (non-hydrogen) atoms. The number of aryl methyl sites for hydroxylation is 1. The monoisotopic (exact) mass is 433 g/mol. The summed E-state index contributed by atoms with van der Waals surface area (Å²) in [5.74, 6) is -0.190. The Hall–Kier alpha value is -1.31. The minimum atomic E-state index is -3.90. The molecule has 8 heteroatoms. The van der Waals surface area contributed by atoms with Crippen LogP contribution in [-0.4, -0.2) is 22.1 Å². The standard InChI is InChI=1S/C16H14BrClFNO3S/c1-23-16-13(17)8-11(18)9-15(16)24(21,22)20-6-2-3-10-7-12(19)4-5-14(10)20/h4-5,7-9H,2-3,6H2,1H3. The van der Waals surface area contributed by atoms with Crippen molar-refractivity contribution in [3.63, 3.8) is 0 Å². The van der Waals surface area contributed by atoms with Gasteiger partial charge in [-0.15, -0.1) is 0 Å². The summed E-state index contributed by atoms with van der Waals surface area (Å²) in [7, 11) is -2.51. The van der Waals surface area contributed by atoms with Gasteiger partial charge in [0.25, 0.3) is 10.0 Å². The van der Waals surface area contributed by atoms with Crippen molar-refractivity contribution in [1.29, 1.82) is 0 Å². The normalized spacial score (nSPS) is 14.4. The molecule has 3 rings (SSSR count). The first-order valence-corrected chi connectivity index (χ1v) is 9.80. The molecule has 0 atom stereocenters. The smallest absolute Gasteiger partial charge is 0.268 e. The number of hydrogen-bond acceptors (Lipinski definition) is 3. The van der Waals surface area contributed by atoms with Gasteiger partial charge in [-0.3, -0.25) is 4.31 Å². The van der Waals surface area contributed by atoms with Crippen LogP contribution in [0.3, 0.4) is 0 Å². The summed E-state index contributed by atoms with van der Waals surface area (Å²) in [5, 5.41) is 0.276. The maximum atomic E-state index is 13.5. The first kappa shape index (κ1) is 17.5. The molecule has 0 saturated carbocycles. The Morgan fingerprint density at radius 1 is 1.29 bits per heavy atom. The van der Waals surface area contributed by atoms with Crippen molar-refractivity contribution in [1.82, 2.24) is 0 Å². The van der Waals surface area contributed by atoms with Gasteiger partial charge in [-0.1, -0.05) is 11.6 Å². The molecule has 128 valence electrons. The van der Waals surface area contributed by atoms with Crippen LogP contribution >= 0.6 is 27.5 Å². The number of nitrogens with zero attached hydrogens (tertiary/aromatic N) is 1. The summed E-state index contributed by atoms with van der Waals surface area (Å²) in [6.45, 7) is 0.314. The molecule has 0 radical (unpaired) electrons. The summed E-state index contributed by atoms with van der Waals surface area (Å²) < 4.78 is 46.8. The lowest BCUT2D eigenvalue weighted by molar-refractivity contribution is 0.400. The van der Waals surface area contributed by atoms with Crippen molar-refractivity contribution in [3.8, 4) is 5.75 Å². The van der Waals surface area contributed by atoms with Crippen LogP contribution in [0.25, 0.3) is 0 Å². The Morgan fingerprint density at radius 3 is 2.75 bits per heavy atom. The number of benzene rings is 2. The average molecular weight is 435 g/mol. The Kier molecular flexibility index (Phi) is 4.77. The van der Waals surface area contributed by atoms with Gasteiger partial charge in [0.2, 0.25) is 0 Å². The largest absolute Gasteiger partial charge is 0.494 e. The van der Waals surface area contributed by atoms with Gasteiger partial charge in [0.1, 0.15) is 10.7 Å².